The first kappa shape index (κ1) is 28.6. The van der Waals surface area contributed by atoms with E-state index in [0.29, 0.717) is 35.7 Å². The molecule has 2 fully saturated rings. The van der Waals surface area contributed by atoms with Crippen LogP contribution in [-0.4, -0.2) is 60.3 Å². The van der Waals surface area contributed by atoms with Gasteiger partial charge in [-0.05, 0) is 113 Å². The van der Waals surface area contributed by atoms with E-state index in [4.69, 9.17) is 31.9 Å². The number of nitrogens with one attached hydrogen (secondary N) is 1. The van der Waals surface area contributed by atoms with E-state index in [0.717, 1.165) is 80.9 Å². The molecule has 214 valence electrons. The zero-order valence-electron chi connectivity index (χ0n) is 23.6. The number of rotatable bonds is 10. The monoisotopic (exact) mass is 564 g/mol. The fraction of sp³-hybridized carbons (Fsp3) is 0.484. The third-order valence-corrected chi connectivity index (χ3v) is 8.32. The maximum Gasteiger partial charge on any atom is 0.141 e. The summed E-state index contributed by atoms with van der Waals surface area (Å²) in [5.74, 6) is 8.71. The molecular formula is C31H41ClN6O2. The lowest BCUT2D eigenvalue weighted by molar-refractivity contribution is 0.204. The Morgan fingerprint density at radius 2 is 1.73 bits per heavy atom. The molecule has 2 aliphatic rings. The zero-order valence-corrected chi connectivity index (χ0v) is 24.4. The molecule has 0 aliphatic carbocycles. The van der Waals surface area contributed by atoms with Crippen molar-refractivity contribution < 1.29 is 9.47 Å². The molecule has 0 amide bonds. The molecule has 3 N–H and O–H groups in total. The Morgan fingerprint density at radius 3 is 2.35 bits per heavy atom. The first-order valence-corrected chi connectivity index (χ1v) is 14.9. The van der Waals surface area contributed by atoms with Gasteiger partial charge in [0.2, 0.25) is 0 Å². The Balaban J connectivity index is 1.36. The van der Waals surface area contributed by atoms with E-state index in [1.165, 1.54) is 5.56 Å². The van der Waals surface area contributed by atoms with E-state index in [1.54, 1.807) is 6.20 Å². The SMILES string of the molecule is CCOc1cc(CN2CCC(c3ccnc(-c4cccnc4)c3N(N)C3CCNCC3)CC2)cc(OCC)c1Cl. The van der Waals surface area contributed by atoms with Crippen molar-refractivity contribution in [2.45, 2.75) is 58.0 Å². The maximum atomic E-state index is 6.93. The number of ether oxygens (including phenoxy) is 2. The zero-order chi connectivity index (χ0) is 27.9. The number of anilines is 1. The van der Waals surface area contributed by atoms with Crippen molar-refractivity contribution in [2.75, 3.05) is 44.4 Å². The Bertz CT molecular complexity index is 1220. The molecular weight excluding hydrogens is 524 g/mol. The van der Waals surface area contributed by atoms with Crippen LogP contribution in [0.1, 0.15) is 56.6 Å². The van der Waals surface area contributed by atoms with Crippen LogP contribution in [0.2, 0.25) is 5.02 Å². The summed E-state index contributed by atoms with van der Waals surface area (Å²) in [5.41, 5.74) is 5.41. The third kappa shape index (κ3) is 6.52. The molecule has 0 saturated carbocycles. The third-order valence-electron chi connectivity index (χ3n) is 7.95. The minimum atomic E-state index is 0.281. The number of likely N-dealkylation sites (tertiary alicyclic amines) is 1. The molecule has 1 aromatic carbocycles. The lowest BCUT2D eigenvalue weighted by Crippen LogP contribution is -2.48. The summed E-state index contributed by atoms with van der Waals surface area (Å²) in [7, 11) is 0. The van der Waals surface area contributed by atoms with Crippen LogP contribution in [0.15, 0.2) is 48.9 Å². The Hall–Kier alpha value is -2.91. The van der Waals surface area contributed by atoms with Crippen LogP contribution >= 0.6 is 11.6 Å². The number of pyridine rings is 2. The summed E-state index contributed by atoms with van der Waals surface area (Å²) in [6, 6.07) is 10.6. The molecule has 8 nitrogen and oxygen atoms in total. The van der Waals surface area contributed by atoms with Gasteiger partial charge in [0.1, 0.15) is 16.5 Å². The maximum absolute atomic E-state index is 6.93. The van der Waals surface area contributed by atoms with E-state index in [9.17, 15) is 0 Å². The minimum absolute atomic E-state index is 0.281. The van der Waals surface area contributed by atoms with Gasteiger partial charge in [0.05, 0.1) is 24.6 Å². The van der Waals surface area contributed by atoms with Crippen molar-refractivity contribution in [3.63, 3.8) is 0 Å². The molecule has 0 bridgehead atoms. The standard InChI is InChI=1S/C31H41ClN6O2/c1-3-39-27-18-22(19-28(29(27)32)40-4-2)21-37-16-10-23(11-17-37)26-9-15-36-30(24-6-5-12-35-20-24)31(26)38(33)25-7-13-34-14-8-25/h5-6,9,12,15,18-20,23,25,34H,3-4,7-8,10-11,13-14,16-17,21,33H2,1-2H3. The van der Waals surface area contributed by atoms with Gasteiger partial charge in [-0.25, -0.2) is 5.84 Å². The van der Waals surface area contributed by atoms with Gasteiger partial charge in [-0.3, -0.25) is 14.9 Å². The summed E-state index contributed by atoms with van der Waals surface area (Å²) in [5, 5.41) is 6.01. The van der Waals surface area contributed by atoms with Crippen LogP contribution in [0.4, 0.5) is 5.69 Å². The number of hydrogen-bond acceptors (Lipinski definition) is 8. The number of nitrogens with zero attached hydrogens (tertiary/aromatic N) is 4. The Labute approximate surface area is 242 Å². The number of halogens is 1. The highest BCUT2D eigenvalue weighted by molar-refractivity contribution is 6.33. The Kier molecular flexibility index (Phi) is 9.75. The van der Waals surface area contributed by atoms with Crippen molar-refractivity contribution in [1.82, 2.24) is 20.2 Å². The predicted octanol–water partition coefficient (Wildman–Crippen LogP) is 5.41. The van der Waals surface area contributed by atoms with E-state index in [-0.39, 0.29) is 6.04 Å². The molecule has 2 aliphatic heterocycles. The van der Waals surface area contributed by atoms with Crippen LogP contribution in [0.3, 0.4) is 0 Å². The van der Waals surface area contributed by atoms with Crippen LogP contribution in [0.5, 0.6) is 11.5 Å². The van der Waals surface area contributed by atoms with Gasteiger partial charge in [0.25, 0.3) is 0 Å². The van der Waals surface area contributed by atoms with Crippen molar-refractivity contribution in [2.24, 2.45) is 5.84 Å². The van der Waals surface area contributed by atoms with Crippen LogP contribution in [0.25, 0.3) is 11.3 Å². The fourth-order valence-corrected chi connectivity index (χ4v) is 6.17. The number of aromatic nitrogens is 2. The first-order chi connectivity index (χ1) is 19.6. The van der Waals surface area contributed by atoms with E-state index in [1.807, 2.05) is 49.4 Å². The van der Waals surface area contributed by atoms with Gasteiger partial charge >= 0.3 is 0 Å². The van der Waals surface area contributed by atoms with Gasteiger partial charge in [-0.1, -0.05) is 11.6 Å². The second kappa shape index (κ2) is 13.6. The van der Waals surface area contributed by atoms with Crippen molar-refractivity contribution in [3.8, 4) is 22.8 Å². The Morgan fingerprint density at radius 1 is 1.02 bits per heavy atom. The predicted molar refractivity (Wildman–Crippen MR) is 161 cm³/mol. The van der Waals surface area contributed by atoms with Gasteiger partial charge in [0.15, 0.2) is 0 Å². The van der Waals surface area contributed by atoms with Crippen LogP contribution in [0, 0.1) is 0 Å². The number of piperidine rings is 2. The highest BCUT2D eigenvalue weighted by atomic mass is 35.5. The van der Waals surface area contributed by atoms with Gasteiger partial charge in [0, 0.05) is 36.7 Å². The van der Waals surface area contributed by atoms with Crippen LogP contribution < -0.4 is 25.6 Å². The normalized spacial score (nSPS) is 17.1. The van der Waals surface area contributed by atoms with E-state index in [2.05, 4.69) is 27.3 Å². The molecule has 3 aromatic rings. The average Bonchev–Trinajstić information content (AvgIpc) is 3.00. The summed E-state index contributed by atoms with van der Waals surface area (Å²) in [6.45, 7) is 9.82. The average molecular weight is 565 g/mol. The number of hydrogen-bond donors (Lipinski definition) is 2. The summed E-state index contributed by atoms with van der Waals surface area (Å²) < 4.78 is 11.6. The van der Waals surface area contributed by atoms with Gasteiger partial charge < -0.3 is 19.8 Å². The molecule has 2 saturated heterocycles. The summed E-state index contributed by atoms with van der Waals surface area (Å²) >= 11 is 6.53. The molecule has 4 heterocycles. The number of nitrogens with two attached hydrogens (primary N) is 1. The second-order valence-electron chi connectivity index (χ2n) is 10.6. The van der Waals surface area contributed by atoms with Crippen molar-refractivity contribution in [1.29, 1.82) is 0 Å². The quantitative estimate of drug-likeness (QED) is 0.250. The minimum Gasteiger partial charge on any atom is -0.492 e. The van der Waals surface area contributed by atoms with Crippen molar-refractivity contribution >= 4 is 17.3 Å². The molecule has 0 atom stereocenters. The second-order valence-corrected chi connectivity index (χ2v) is 10.9. The molecule has 0 spiro atoms. The molecule has 0 radical (unpaired) electrons. The van der Waals surface area contributed by atoms with Gasteiger partial charge in [-0.15, -0.1) is 0 Å². The molecule has 0 unspecified atom stereocenters. The highest BCUT2D eigenvalue weighted by Crippen LogP contribution is 2.41. The number of hydrazine groups is 1. The van der Waals surface area contributed by atoms with Gasteiger partial charge in [-0.2, -0.15) is 0 Å². The highest BCUT2D eigenvalue weighted by Gasteiger charge is 2.29. The molecule has 9 heteroatoms. The molecule has 5 rings (SSSR count). The summed E-state index contributed by atoms with van der Waals surface area (Å²) in [6.07, 6.45) is 9.75. The molecule has 2 aromatic heterocycles. The lowest BCUT2D eigenvalue weighted by Gasteiger charge is -2.38. The molecule has 40 heavy (non-hydrogen) atoms. The first-order valence-electron chi connectivity index (χ1n) is 14.5. The lowest BCUT2D eigenvalue weighted by atomic mass is 9.87. The van der Waals surface area contributed by atoms with E-state index >= 15 is 0 Å². The largest absolute Gasteiger partial charge is 0.492 e. The van der Waals surface area contributed by atoms with E-state index < -0.39 is 0 Å². The number of benzene rings is 1. The smallest absolute Gasteiger partial charge is 0.141 e. The topological polar surface area (TPSA) is 88.8 Å². The van der Waals surface area contributed by atoms with Crippen molar-refractivity contribution in [3.05, 3.63) is 65.1 Å². The summed E-state index contributed by atoms with van der Waals surface area (Å²) in [4.78, 5) is 11.7. The van der Waals surface area contributed by atoms with Crippen LogP contribution in [-0.2, 0) is 6.54 Å². The fourth-order valence-electron chi connectivity index (χ4n) is 5.95.